The molecule has 0 bridgehead atoms. The van der Waals surface area contributed by atoms with Crippen LogP contribution in [0.1, 0.15) is 0 Å². The molecule has 0 aliphatic rings. The molecule has 0 aliphatic carbocycles. The first-order valence-electron chi connectivity index (χ1n) is 13.9. The van der Waals surface area contributed by atoms with E-state index >= 15 is 0 Å². The van der Waals surface area contributed by atoms with E-state index in [-0.39, 0.29) is 0 Å². The molecule has 0 spiro atoms. The molecule has 0 atom stereocenters. The molecule has 1 N–H and O–H groups in total. The molecule has 4 nitrogen and oxygen atoms in total. The summed E-state index contributed by atoms with van der Waals surface area (Å²) in [5, 5.41) is 5.01. The Kier molecular flexibility index (Phi) is 4.58. The molecule has 41 heavy (non-hydrogen) atoms. The van der Waals surface area contributed by atoms with Gasteiger partial charge in [-0.05, 0) is 77.9 Å². The number of H-pyrrole nitrogens is 1. The number of hydrogen-bond donors (Lipinski definition) is 1. The van der Waals surface area contributed by atoms with Gasteiger partial charge < -0.3 is 14.1 Å². The number of aromatic amines is 1. The van der Waals surface area contributed by atoms with Crippen molar-refractivity contribution < 1.29 is 0 Å². The second kappa shape index (κ2) is 8.44. The van der Waals surface area contributed by atoms with Gasteiger partial charge in [0.1, 0.15) is 0 Å². The van der Waals surface area contributed by atoms with Crippen molar-refractivity contribution in [3.8, 4) is 22.5 Å². The van der Waals surface area contributed by atoms with E-state index in [0.717, 1.165) is 16.7 Å². The van der Waals surface area contributed by atoms with Gasteiger partial charge in [-0.25, -0.2) is 4.98 Å². The minimum atomic E-state index is 0.966. The van der Waals surface area contributed by atoms with Gasteiger partial charge in [-0.3, -0.25) is 0 Å². The Morgan fingerprint density at radius 1 is 0.439 bits per heavy atom. The zero-order chi connectivity index (χ0) is 26.9. The van der Waals surface area contributed by atoms with Crippen LogP contribution in [0.4, 0.5) is 0 Å². The maximum absolute atomic E-state index is 4.50. The smallest absolute Gasteiger partial charge is 0.0931 e. The average Bonchev–Trinajstić information content (AvgIpc) is 3.73. The van der Waals surface area contributed by atoms with Crippen LogP contribution in [-0.4, -0.2) is 19.1 Å². The fourth-order valence-corrected chi connectivity index (χ4v) is 6.50. The highest BCUT2D eigenvalue weighted by atomic mass is 15.0. The molecule has 0 saturated carbocycles. The Bertz CT molecular complexity index is 2420. The topological polar surface area (TPSA) is 38.5 Å². The summed E-state index contributed by atoms with van der Waals surface area (Å²) in [4.78, 5) is 7.70. The molecule has 6 aromatic carbocycles. The van der Waals surface area contributed by atoms with Crippen molar-refractivity contribution in [3.05, 3.63) is 140 Å². The van der Waals surface area contributed by atoms with Gasteiger partial charge in [-0.1, -0.05) is 66.7 Å². The van der Waals surface area contributed by atoms with Crippen molar-refractivity contribution in [1.29, 1.82) is 0 Å². The molecule has 9 rings (SSSR count). The van der Waals surface area contributed by atoms with Gasteiger partial charge in [0, 0.05) is 32.9 Å². The third-order valence-electron chi connectivity index (χ3n) is 8.36. The van der Waals surface area contributed by atoms with Gasteiger partial charge in [0.05, 0.1) is 39.4 Å². The highest BCUT2D eigenvalue weighted by Gasteiger charge is 2.16. The highest BCUT2D eigenvalue weighted by molar-refractivity contribution is 6.12. The fraction of sp³-hybridized carbons (Fsp3) is 0. The molecule has 0 aliphatic heterocycles. The number of rotatable bonds is 3. The van der Waals surface area contributed by atoms with Crippen LogP contribution < -0.4 is 0 Å². The molecule has 9 aromatic rings. The number of nitrogens with one attached hydrogen (secondary N) is 1. The first-order chi connectivity index (χ1) is 20.3. The van der Waals surface area contributed by atoms with E-state index in [1.807, 2.05) is 0 Å². The highest BCUT2D eigenvalue weighted by Crippen LogP contribution is 2.38. The van der Waals surface area contributed by atoms with Crippen molar-refractivity contribution >= 4 is 54.6 Å². The molecule has 3 aromatic heterocycles. The Morgan fingerprint density at radius 3 is 1.66 bits per heavy atom. The predicted molar refractivity (Wildman–Crippen MR) is 170 cm³/mol. The zero-order valence-corrected chi connectivity index (χ0v) is 22.1. The van der Waals surface area contributed by atoms with Crippen molar-refractivity contribution in [1.82, 2.24) is 19.1 Å². The molecule has 4 heteroatoms. The first-order valence-corrected chi connectivity index (χ1v) is 13.9. The summed E-state index contributed by atoms with van der Waals surface area (Å²) in [6.45, 7) is 0. The molecule has 0 radical (unpaired) electrons. The summed E-state index contributed by atoms with van der Waals surface area (Å²) < 4.78 is 4.71. The predicted octanol–water partition coefficient (Wildman–Crippen LogP) is 9.42. The summed E-state index contributed by atoms with van der Waals surface area (Å²) in [7, 11) is 0. The number of fused-ring (bicyclic) bond motifs is 7. The number of imidazole rings is 1. The summed E-state index contributed by atoms with van der Waals surface area (Å²) in [6.07, 6.45) is 1.75. The molecule has 0 amide bonds. The molecule has 0 fully saturated rings. The third-order valence-corrected chi connectivity index (χ3v) is 8.36. The minimum absolute atomic E-state index is 0.966. The number of benzene rings is 6. The van der Waals surface area contributed by atoms with Crippen LogP contribution in [0.25, 0.3) is 77.1 Å². The second-order valence-electron chi connectivity index (χ2n) is 10.6. The van der Waals surface area contributed by atoms with E-state index in [0.29, 0.717) is 0 Å². The Hall–Kier alpha value is -5.61. The standard InChI is InChI=1S/C37H24N4/c1-2-8-26(9-3-1)40-34-12-6-4-10-28(34)30-20-24(14-18-36(30)40)25-15-19-37-31(21-25)29-11-5-7-13-35(29)41(37)27-16-17-32-33(22-27)39-23-38-32/h1-23H,(H,38,39). The Morgan fingerprint density at radius 2 is 1.00 bits per heavy atom. The van der Waals surface area contributed by atoms with Gasteiger partial charge in [-0.2, -0.15) is 0 Å². The molecule has 192 valence electrons. The summed E-state index contributed by atoms with van der Waals surface area (Å²) in [6, 6.07) is 48.1. The third kappa shape index (κ3) is 3.25. The molecule has 0 unspecified atom stereocenters. The van der Waals surface area contributed by atoms with E-state index in [9.17, 15) is 0 Å². The van der Waals surface area contributed by atoms with E-state index in [4.69, 9.17) is 0 Å². The monoisotopic (exact) mass is 524 g/mol. The number of aromatic nitrogens is 4. The van der Waals surface area contributed by atoms with Crippen LogP contribution in [0, 0.1) is 0 Å². The van der Waals surface area contributed by atoms with Gasteiger partial charge >= 0.3 is 0 Å². The summed E-state index contributed by atoms with van der Waals surface area (Å²) in [5.41, 5.74) is 11.5. The summed E-state index contributed by atoms with van der Waals surface area (Å²) in [5.74, 6) is 0. The van der Waals surface area contributed by atoms with Crippen LogP contribution in [0.5, 0.6) is 0 Å². The Balaban J connectivity index is 1.26. The lowest BCUT2D eigenvalue weighted by Crippen LogP contribution is -1.93. The largest absolute Gasteiger partial charge is 0.345 e. The van der Waals surface area contributed by atoms with Crippen LogP contribution in [0.15, 0.2) is 140 Å². The van der Waals surface area contributed by atoms with Crippen LogP contribution >= 0.6 is 0 Å². The van der Waals surface area contributed by atoms with E-state index in [1.165, 1.54) is 60.4 Å². The van der Waals surface area contributed by atoms with Crippen molar-refractivity contribution in [2.45, 2.75) is 0 Å². The molecular formula is C37H24N4. The van der Waals surface area contributed by atoms with E-state index < -0.39 is 0 Å². The SMILES string of the molecule is c1ccc(-n2c3ccccc3c3cc(-c4ccc5c(c4)c4ccccc4n5-c4ccc5[nH]cnc5c4)ccc32)cc1. The summed E-state index contributed by atoms with van der Waals surface area (Å²) >= 11 is 0. The van der Waals surface area contributed by atoms with Crippen molar-refractivity contribution in [2.75, 3.05) is 0 Å². The van der Waals surface area contributed by atoms with Crippen molar-refractivity contribution in [3.63, 3.8) is 0 Å². The van der Waals surface area contributed by atoms with Crippen LogP contribution in [-0.2, 0) is 0 Å². The quantitative estimate of drug-likeness (QED) is 0.246. The maximum Gasteiger partial charge on any atom is 0.0931 e. The average molecular weight is 525 g/mol. The number of nitrogens with zero attached hydrogens (tertiary/aromatic N) is 3. The molecular weight excluding hydrogens is 500 g/mol. The normalized spacial score (nSPS) is 11.9. The zero-order valence-electron chi connectivity index (χ0n) is 22.1. The van der Waals surface area contributed by atoms with Crippen LogP contribution in [0.2, 0.25) is 0 Å². The van der Waals surface area contributed by atoms with Crippen molar-refractivity contribution in [2.24, 2.45) is 0 Å². The first kappa shape index (κ1) is 22.2. The maximum atomic E-state index is 4.50. The van der Waals surface area contributed by atoms with Crippen LogP contribution in [0.3, 0.4) is 0 Å². The Labute approximate surface area is 235 Å². The second-order valence-corrected chi connectivity index (χ2v) is 10.6. The van der Waals surface area contributed by atoms with E-state index in [1.54, 1.807) is 6.33 Å². The van der Waals surface area contributed by atoms with Gasteiger partial charge in [0.2, 0.25) is 0 Å². The van der Waals surface area contributed by atoms with Gasteiger partial charge in [0.25, 0.3) is 0 Å². The molecule has 0 saturated heterocycles. The van der Waals surface area contributed by atoms with E-state index in [2.05, 4.69) is 153 Å². The number of hydrogen-bond acceptors (Lipinski definition) is 1. The lowest BCUT2D eigenvalue weighted by Gasteiger charge is -2.09. The van der Waals surface area contributed by atoms with Gasteiger partial charge in [0.15, 0.2) is 0 Å². The lowest BCUT2D eigenvalue weighted by atomic mass is 10.0. The lowest BCUT2D eigenvalue weighted by molar-refractivity contribution is 1.18. The minimum Gasteiger partial charge on any atom is -0.345 e. The fourth-order valence-electron chi connectivity index (χ4n) is 6.50. The van der Waals surface area contributed by atoms with Gasteiger partial charge in [-0.15, -0.1) is 0 Å². The number of para-hydroxylation sites is 3. The molecule has 3 heterocycles.